The number of phosphoric ester groups is 1. The van der Waals surface area contributed by atoms with Crippen LogP contribution in [0.5, 0.6) is 0 Å². The van der Waals surface area contributed by atoms with Crippen LogP contribution in [-0.4, -0.2) is 109 Å². The molecule has 0 spiro atoms. The number of anilines is 1. The number of hydrogen-bond acceptors (Lipinski definition) is 20. The van der Waals surface area contributed by atoms with E-state index in [-0.39, 0.29) is 29.0 Å². The molecule has 2 aromatic rings. The van der Waals surface area contributed by atoms with Crippen LogP contribution in [0.1, 0.15) is 149 Å². The minimum absolute atomic E-state index is 0.0164. The zero-order valence-electron chi connectivity index (χ0n) is 37.9. The van der Waals surface area contributed by atoms with Crippen molar-refractivity contribution < 1.29 is 80.5 Å². The standard InChI is InChI=1S/C41H68N4O17P2S/c1-6-7-8-9-10-11-12-13-14-15-16-17-18-19-20-21-31(48)54-22-30(56-27(4)46)36-25(2)26(3)37(57-28(5)47)41(59-36)61-63(51,52)62-64(53,65)55-23-29-34(49)35(50)38(58-29)33-32-39(60-45-33)40(42)44-24-43-32/h24-26,29-30,34-38,41,49-50H,6-23H2,1-5H3,(H,51,52)(H,53,65)(H2,42,43,44)/t25-,26?,29+,30+,34-,35?,36?,37+,38-,41-,64?/m0/s1. The van der Waals surface area contributed by atoms with E-state index in [1.54, 1.807) is 13.8 Å². The van der Waals surface area contributed by atoms with Crippen molar-refractivity contribution in [3.63, 3.8) is 0 Å². The number of ether oxygens (including phenoxy) is 5. The first kappa shape index (κ1) is 54.9. The minimum atomic E-state index is -5.47. The Morgan fingerprint density at radius 3 is 2.05 bits per heavy atom. The summed E-state index contributed by atoms with van der Waals surface area (Å²) in [6.07, 6.45) is 7.55. The first-order valence-corrected chi connectivity index (χ1v) is 26.6. The van der Waals surface area contributed by atoms with Crippen LogP contribution in [0.4, 0.5) is 5.82 Å². The summed E-state index contributed by atoms with van der Waals surface area (Å²) in [6, 6.07) is 0. The molecule has 0 saturated carbocycles. The van der Waals surface area contributed by atoms with Crippen molar-refractivity contribution in [3.05, 3.63) is 12.0 Å². The fraction of sp³-hybridized carbons (Fsp3) is 0.805. The molecule has 2 fully saturated rings. The Morgan fingerprint density at radius 2 is 1.46 bits per heavy atom. The number of hydrogen-bond donors (Lipinski definition) is 5. The van der Waals surface area contributed by atoms with Crippen molar-refractivity contribution in [3.8, 4) is 0 Å². The number of carbonyl (C=O) groups excluding carboxylic acids is 3. The Bertz CT molecular complexity index is 1910. The van der Waals surface area contributed by atoms with Gasteiger partial charge < -0.3 is 58.5 Å². The summed E-state index contributed by atoms with van der Waals surface area (Å²) >= 11 is 4.97. The molecule has 24 heteroatoms. The number of rotatable bonds is 29. The maximum Gasteiger partial charge on any atom is 0.481 e. The van der Waals surface area contributed by atoms with Crippen molar-refractivity contribution >= 4 is 61.2 Å². The van der Waals surface area contributed by atoms with E-state index in [1.807, 2.05) is 0 Å². The van der Waals surface area contributed by atoms with Gasteiger partial charge in [0.25, 0.3) is 0 Å². The molecule has 21 nitrogen and oxygen atoms in total. The molecule has 0 radical (unpaired) electrons. The average Bonchev–Trinajstić information content (AvgIpc) is 3.79. The third kappa shape index (κ3) is 17.4. The summed E-state index contributed by atoms with van der Waals surface area (Å²) < 4.78 is 62.2. The highest BCUT2D eigenvalue weighted by molar-refractivity contribution is 8.08. The molecule has 0 bridgehead atoms. The van der Waals surface area contributed by atoms with Gasteiger partial charge in [-0.3, -0.25) is 18.9 Å². The zero-order chi connectivity index (χ0) is 47.7. The van der Waals surface area contributed by atoms with E-state index in [9.17, 15) is 38.9 Å². The van der Waals surface area contributed by atoms with Gasteiger partial charge in [-0.15, -0.1) is 0 Å². The molecular formula is C41H68N4O17P2S. The van der Waals surface area contributed by atoms with Gasteiger partial charge in [0, 0.05) is 26.2 Å². The van der Waals surface area contributed by atoms with Crippen LogP contribution in [0.25, 0.3) is 11.1 Å². The summed E-state index contributed by atoms with van der Waals surface area (Å²) in [6.45, 7) is 1.92. The van der Waals surface area contributed by atoms with Crippen LogP contribution in [0.2, 0.25) is 0 Å². The summed E-state index contributed by atoms with van der Waals surface area (Å²) in [5.74, 6) is -3.32. The first-order valence-electron chi connectivity index (χ1n) is 22.6. The molecule has 4 rings (SSSR count). The lowest BCUT2D eigenvalue weighted by Gasteiger charge is -2.45. The molecule has 0 amide bonds. The summed E-state index contributed by atoms with van der Waals surface area (Å²) in [7, 11) is -5.47. The molecule has 5 unspecified atom stereocenters. The number of unbranched alkanes of at least 4 members (excludes halogenated alkanes) is 14. The zero-order valence-corrected chi connectivity index (χ0v) is 40.5. The fourth-order valence-corrected chi connectivity index (χ4v) is 11.0. The van der Waals surface area contributed by atoms with Gasteiger partial charge in [0.05, 0.1) is 6.61 Å². The average molecular weight is 983 g/mol. The number of aliphatic hydroxyl groups excluding tert-OH is 2. The number of phosphoric acid groups is 1. The number of fused-ring (bicyclic) bond motifs is 1. The second kappa shape index (κ2) is 26.7. The van der Waals surface area contributed by atoms with E-state index < -0.39 is 107 Å². The highest BCUT2D eigenvalue weighted by atomic mass is 32.5. The molecule has 2 aromatic heterocycles. The number of nitrogens with zero attached hydrogens (tertiary/aromatic N) is 3. The van der Waals surface area contributed by atoms with Crippen molar-refractivity contribution in [2.45, 2.75) is 186 Å². The van der Waals surface area contributed by atoms with Crippen molar-refractivity contribution in [1.82, 2.24) is 15.1 Å². The maximum absolute atomic E-state index is 13.4. The quantitative estimate of drug-likeness (QED) is 0.0255. The van der Waals surface area contributed by atoms with Crippen molar-refractivity contribution in [2.24, 2.45) is 11.8 Å². The summed E-state index contributed by atoms with van der Waals surface area (Å²) in [5, 5.41) is 25.3. The second-order valence-corrected chi connectivity index (χ2v) is 21.2. The minimum Gasteiger partial charge on any atom is -0.462 e. The van der Waals surface area contributed by atoms with E-state index in [4.69, 9.17) is 59.1 Å². The number of carbonyl (C=O) groups is 3. The molecule has 0 aliphatic carbocycles. The second-order valence-electron chi connectivity index (χ2n) is 16.8. The number of nitrogen functional groups attached to an aromatic ring is 1. The lowest BCUT2D eigenvalue weighted by Crippen LogP contribution is -2.56. The van der Waals surface area contributed by atoms with Gasteiger partial charge >= 0.3 is 32.4 Å². The highest BCUT2D eigenvalue weighted by Crippen LogP contribution is 2.62. The Hall–Kier alpha value is -2.72. The van der Waals surface area contributed by atoms with E-state index in [0.717, 1.165) is 39.4 Å². The normalized spacial score (nSPS) is 26.9. The monoisotopic (exact) mass is 982 g/mol. The molecule has 4 heterocycles. The number of aromatic nitrogens is 3. The Kier molecular flexibility index (Phi) is 22.6. The fourth-order valence-electron chi connectivity index (χ4n) is 7.93. The van der Waals surface area contributed by atoms with E-state index in [2.05, 4.69) is 22.0 Å². The lowest BCUT2D eigenvalue weighted by atomic mass is 9.81. The van der Waals surface area contributed by atoms with Gasteiger partial charge in [-0.2, -0.15) is 0 Å². The van der Waals surface area contributed by atoms with Crippen LogP contribution < -0.4 is 5.73 Å². The Morgan fingerprint density at radius 1 is 0.862 bits per heavy atom. The van der Waals surface area contributed by atoms with Gasteiger partial charge in [-0.1, -0.05) is 116 Å². The van der Waals surface area contributed by atoms with E-state index in [0.29, 0.717) is 6.42 Å². The molecule has 65 heavy (non-hydrogen) atoms. The summed E-state index contributed by atoms with van der Waals surface area (Å²) in [5.41, 5.74) is 5.90. The number of aliphatic hydroxyl groups is 2. The highest BCUT2D eigenvalue weighted by Gasteiger charge is 2.52. The predicted octanol–water partition coefficient (Wildman–Crippen LogP) is 6.39. The van der Waals surface area contributed by atoms with Crippen LogP contribution in [0, 0.1) is 11.8 Å². The van der Waals surface area contributed by atoms with Crippen LogP contribution >= 0.6 is 14.5 Å². The van der Waals surface area contributed by atoms with Crippen LogP contribution in [-0.2, 0) is 67.8 Å². The van der Waals surface area contributed by atoms with E-state index in [1.165, 1.54) is 70.6 Å². The number of esters is 3. The van der Waals surface area contributed by atoms with Crippen molar-refractivity contribution in [2.75, 3.05) is 18.9 Å². The molecule has 370 valence electrons. The smallest absolute Gasteiger partial charge is 0.462 e. The summed E-state index contributed by atoms with van der Waals surface area (Å²) in [4.78, 5) is 66.7. The predicted molar refractivity (Wildman–Crippen MR) is 237 cm³/mol. The molecule has 2 aliphatic heterocycles. The molecular weight excluding hydrogens is 914 g/mol. The van der Waals surface area contributed by atoms with E-state index >= 15 is 0 Å². The van der Waals surface area contributed by atoms with Gasteiger partial charge in [-0.25, -0.2) is 18.8 Å². The molecule has 12 atom stereocenters. The van der Waals surface area contributed by atoms with Gasteiger partial charge in [0.15, 0.2) is 18.0 Å². The Labute approximate surface area is 384 Å². The SMILES string of the molecule is CCCCCCCCCCCCCCCCCC(=O)OC[C@@H](OC(C)=O)C1O[C@@H](OP(=O)(O)OP(O)(=S)OC[C@H]2O[C@@H](c3noc4c(N)ncnc34)C(O)[C@H]2O)[C@H](OC(C)=O)C(C)[C@@H]1C. The largest absolute Gasteiger partial charge is 0.481 e. The molecule has 6 N–H and O–H groups in total. The molecule has 2 saturated heterocycles. The van der Waals surface area contributed by atoms with Gasteiger partial charge in [-0.05, 0) is 24.1 Å². The van der Waals surface area contributed by atoms with Gasteiger partial charge in [0.1, 0.15) is 54.7 Å². The third-order valence-electron chi connectivity index (χ3n) is 11.6. The van der Waals surface area contributed by atoms with Crippen molar-refractivity contribution in [1.29, 1.82) is 0 Å². The maximum atomic E-state index is 13.4. The van der Waals surface area contributed by atoms with Gasteiger partial charge in [0.2, 0.25) is 11.9 Å². The first-order chi connectivity index (χ1) is 30.8. The van der Waals surface area contributed by atoms with Crippen LogP contribution in [0.15, 0.2) is 10.9 Å². The lowest BCUT2D eigenvalue weighted by molar-refractivity contribution is -0.270. The number of nitrogens with two attached hydrogens (primary N) is 1. The third-order valence-corrected chi connectivity index (χ3v) is 15.1. The van der Waals surface area contributed by atoms with Crippen LogP contribution in [0.3, 0.4) is 0 Å². The molecule has 2 aliphatic rings. The topological polar surface area (TPSA) is 301 Å². The molecule has 0 aromatic carbocycles. The Balaban J connectivity index is 1.27.